The quantitative estimate of drug-likeness (QED) is 0.625. The summed E-state index contributed by atoms with van der Waals surface area (Å²) in [6, 6.07) is 3.41. The van der Waals surface area contributed by atoms with Gasteiger partial charge in [-0.15, -0.1) is 0 Å². The molecule has 0 aliphatic rings. The average molecular weight is 343 g/mol. The first-order valence-electron chi connectivity index (χ1n) is 7.86. The van der Waals surface area contributed by atoms with Crippen molar-refractivity contribution in [3.8, 4) is 5.75 Å². The number of phenolic OH excluding ortho intramolecular Hbond substituents is 1. The van der Waals surface area contributed by atoms with Crippen LogP contribution in [0.5, 0.6) is 5.75 Å². The molecule has 0 heterocycles. The Morgan fingerprint density at radius 2 is 1.43 bits per heavy atom. The molecule has 132 valence electrons. The Kier molecular flexibility index (Phi) is 5.75. The molecule has 5 nitrogen and oxygen atoms in total. The van der Waals surface area contributed by atoms with Gasteiger partial charge < -0.3 is 20.2 Å². The number of hydrogen-bond acceptors (Lipinski definition) is 3. The summed E-state index contributed by atoms with van der Waals surface area (Å²) in [6.07, 6.45) is 0. The predicted octanol–water partition coefficient (Wildman–Crippen LogP) is 3.77. The second kappa shape index (κ2) is 6.56. The Morgan fingerprint density at radius 3 is 1.70 bits per heavy atom. The molecule has 0 spiro atoms. The standard InChI is InChI=1S/C17H30NO4P/c1-8-18-15(23(20,21)22)11-9-12(16(2,3)4)14(19)13(10-11)17(5,6)7/h9-10,15,18-19H,8H2,1-7H3,(H2,20,21,22). The average Bonchev–Trinajstić information content (AvgIpc) is 2.32. The summed E-state index contributed by atoms with van der Waals surface area (Å²) in [5.41, 5.74) is 1.21. The molecule has 1 rings (SSSR count). The molecule has 0 aliphatic heterocycles. The lowest BCUT2D eigenvalue weighted by atomic mass is 9.78. The topological polar surface area (TPSA) is 89.8 Å². The Hall–Kier alpha value is -0.870. The largest absolute Gasteiger partial charge is 0.507 e. The maximum Gasteiger partial charge on any atom is 0.346 e. The van der Waals surface area contributed by atoms with Crippen LogP contribution in [0.2, 0.25) is 0 Å². The first-order chi connectivity index (χ1) is 10.2. The van der Waals surface area contributed by atoms with Gasteiger partial charge in [-0.2, -0.15) is 0 Å². The third kappa shape index (κ3) is 4.80. The fraction of sp³-hybridized carbons (Fsp3) is 0.647. The highest BCUT2D eigenvalue weighted by atomic mass is 31.2. The summed E-state index contributed by atoms with van der Waals surface area (Å²) < 4.78 is 11.9. The summed E-state index contributed by atoms with van der Waals surface area (Å²) in [4.78, 5) is 19.4. The van der Waals surface area contributed by atoms with E-state index in [0.717, 1.165) is 0 Å². The van der Waals surface area contributed by atoms with Crippen molar-refractivity contribution in [3.05, 3.63) is 28.8 Å². The van der Waals surface area contributed by atoms with Crippen molar-refractivity contribution in [3.63, 3.8) is 0 Å². The van der Waals surface area contributed by atoms with Crippen molar-refractivity contribution in [2.45, 2.75) is 65.1 Å². The molecule has 1 unspecified atom stereocenters. The smallest absolute Gasteiger partial charge is 0.346 e. The molecule has 4 N–H and O–H groups in total. The van der Waals surface area contributed by atoms with E-state index in [-0.39, 0.29) is 16.6 Å². The predicted molar refractivity (Wildman–Crippen MR) is 94.0 cm³/mol. The normalized spacial score (nSPS) is 14.8. The minimum absolute atomic E-state index is 0.203. The molecule has 0 radical (unpaired) electrons. The van der Waals surface area contributed by atoms with Crippen molar-refractivity contribution in [2.75, 3.05) is 6.54 Å². The van der Waals surface area contributed by atoms with Crippen molar-refractivity contribution < 1.29 is 19.5 Å². The van der Waals surface area contributed by atoms with E-state index in [2.05, 4.69) is 5.32 Å². The first-order valence-corrected chi connectivity index (χ1v) is 9.54. The minimum Gasteiger partial charge on any atom is -0.507 e. The van der Waals surface area contributed by atoms with E-state index in [9.17, 15) is 19.5 Å². The van der Waals surface area contributed by atoms with Crippen LogP contribution in [0, 0.1) is 0 Å². The van der Waals surface area contributed by atoms with Crippen LogP contribution in [0.25, 0.3) is 0 Å². The van der Waals surface area contributed by atoms with Gasteiger partial charge in [-0.25, -0.2) is 0 Å². The van der Waals surface area contributed by atoms with Crippen LogP contribution >= 0.6 is 7.60 Å². The maximum absolute atomic E-state index is 11.9. The number of nitrogens with one attached hydrogen (secondary N) is 1. The number of rotatable bonds is 4. The second-order valence-corrected chi connectivity index (χ2v) is 9.71. The zero-order valence-corrected chi connectivity index (χ0v) is 16.0. The van der Waals surface area contributed by atoms with Crippen molar-refractivity contribution in [1.82, 2.24) is 5.32 Å². The van der Waals surface area contributed by atoms with Gasteiger partial charge in [0.1, 0.15) is 11.5 Å². The molecule has 0 fully saturated rings. The number of hydrogen-bond donors (Lipinski definition) is 4. The number of aromatic hydroxyl groups is 1. The van der Waals surface area contributed by atoms with Crippen LogP contribution in [0.4, 0.5) is 0 Å². The highest BCUT2D eigenvalue weighted by molar-refractivity contribution is 7.52. The van der Waals surface area contributed by atoms with Gasteiger partial charge in [0.05, 0.1) is 0 Å². The highest BCUT2D eigenvalue weighted by Gasteiger charge is 2.34. The van der Waals surface area contributed by atoms with Crippen LogP contribution < -0.4 is 5.32 Å². The zero-order chi connectivity index (χ0) is 18.2. The lowest BCUT2D eigenvalue weighted by Crippen LogP contribution is -2.24. The van der Waals surface area contributed by atoms with Gasteiger partial charge in [0, 0.05) is 0 Å². The molecule has 0 amide bonds. The van der Waals surface area contributed by atoms with E-state index >= 15 is 0 Å². The summed E-state index contributed by atoms with van der Waals surface area (Å²) in [5, 5.41) is 13.6. The van der Waals surface area contributed by atoms with Crippen molar-refractivity contribution in [1.29, 1.82) is 0 Å². The van der Waals surface area contributed by atoms with E-state index in [4.69, 9.17) is 0 Å². The Labute approximate surface area is 139 Å². The molecule has 23 heavy (non-hydrogen) atoms. The minimum atomic E-state index is -4.37. The second-order valence-electron chi connectivity index (χ2n) is 8.01. The van der Waals surface area contributed by atoms with Gasteiger partial charge in [0.2, 0.25) is 0 Å². The van der Waals surface area contributed by atoms with E-state index in [1.807, 2.05) is 41.5 Å². The third-order valence-corrected chi connectivity index (χ3v) is 4.95. The van der Waals surface area contributed by atoms with Gasteiger partial charge in [-0.3, -0.25) is 4.57 Å². The molecule has 0 saturated heterocycles. The molecule has 1 aromatic carbocycles. The number of benzene rings is 1. The fourth-order valence-corrected chi connectivity index (χ4v) is 3.54. The molecule has 0 saturated carbocycles. The van der Waals surface area contributed by atoms with Crippen molar-refractivity contribution >= 4 is 7.60 Å². The maximum atomic E-state index is 11.9. The van der Waals surface area contributed by atoms with E-state index in [0.29, 0.717) is 23.2 Å². The Balaban J connectivity index is 3.71. The third-order valence-electron chi connectivity index (χ3n) is 3.80. The van der Waals surface area contributed by atoms with E-state index < -0.39 is 13.4 Å². The summed E-state index contributed by atoms with van der Waals surface area (Å²) >= 11 is 0. The van der Waals surface area contributed by atoms with Crippen LogP contribution in [0.1, 0.15) is 70.9 Å². The molecule has 1 atom stereocenters. The SMILES string of the molecule is CCNC(c1cc(C(C)(C)C)c(O)c(C(C)(C)C)c1)P(=O)(O)O. The lowest BCUT2D eigenvalue weighted by Gasteiger charge is -2.30. The lowest BCUT2D eigenvalue weighted by molar-refractivity contribution is 0.348. The summed E-state index contributed by atoms with van der Waals surface area (Å²) in [5.74, 6) is -0.870. The monoisotopic (exact) mass is 343 g/mol. The van der Waals surface area contributed by atoms with Gasteiger partial charge in [0.15, 0.2) is 0 Å². The van der Waals surface area contributed by atoms with E-state index in [1.165, 1.54) is 0 Å². The van der Waals surface area contributed by atoms with Crippen LogP contribution in [-0.2, 0) is 15.4 Å². The first kappa shape index (κ1) is 20.2. The van der Waals surface area contributed by atoms with Crippen LogP contribution in [-0.4, -0.2) is 21.4 Å². The zero-order valence-electron chi connectivity index (χ0n) is 15.1. The Bertz CT molecular complexity index is 573. The summed E-state index contributed by atoms with van der Waals surface area (Å²) in [6.45, 7) is 14.1. The van der Waals surface area contributed by atoms with Crippen molar-refractivity contribution in [2.24, 2.45) is 0 Å². The summed E-state index contributed by atoms with van der Waals surface area (Å²) in [7, 11) is -4.37. The van der Waals surface area contributed by atoms with Gasteiger partial charge in [0.25, 0.3) is 0 Å². The molecule has 0 bridgehead atoms. The van der Waals surface area contributed by atoms with E-state index in [1.54, 1.807) is 19.1 Å². The highest BCUT2D eigenvalue weighted by Crippen LogP contribution is 2.52. The van der Waals surface area contributed by atoms with Crippen LogP contribution in [0.15, 0.2) is 12.1 Å². The molecule has 0 aromatic heterocycles. The molecule has 0 aliphatic carbocycles. The van der Waals surface area contributed by atoms with Gasteiger partial charge in [-0.05, 0) is 46.2 Å². The molecule has 6 heteroatoms. The fourth-order valence-electron chi connectivity index (χ4n) is 2.58. The van der Waals surface area contributed by atoms with Gasteiger partial charge >= 0.3 is 7.60 Å². The van der Waals surface area contributed by atoms with Gasteiger partial charge in [-0.1, -0.05) is 48.5 Å². The Morgan fingerprint density at radius 1 is 1.04 bits per heavy atom. The number of phenols is 1. The molecule has 1 aromatic rings. The van der Waals surface area contributed by atoms with Crippen LogP contribution in [0.3, 0.4) is 0 Å². The molecular weight excluding hydrogens is 313 g/mol. The molecular formula is C17H30NO4P.